The second-order valence-corrected chi connectivity index (χ2v) is 5.70. The molecule has 19 heavy (non-hydrogen) atoms. The molecule has 2 nitrogen and oxygen atoms in total. The summed E-state index contributed by atoms with van der Waals surface area (Å²) in [4.78, 5) is 11.7. The minimum absolute atomic E-state index is 0.0522. The van der Waals surface area contributed by atoms with E-state index in [0.29, 0.717) is 18.8 Å². The van der Waals surface area contributed by atoms with E-state index >= 15 is 0 Å². The summed E-state index contributed by atoms with van der Waals surface area (Å²) in [6.45, 7) is 4.35. The number of hydrogen-bond acceptors (Lipinski definition) is 3. The van der Waals surface area contributed by atoms with Gasteiger partial charge in [-0.3, -0.25) is 4.79 Å². The quantitative estimate of drug-likeness (QED) is 0.436. The van der Waals surface area contributed by atoms with Gasteiger partial charge in [0.1, 0.15) is 5.25 Å². The van der Waals surface area contributed by atoms with Crippen LogP contribution >= 0.6 is 11.8 Å². The van der Waals surface area contributed by atoms with E-state index in [1.165, 1.54) is 11.8 Å². The van der Waals surface area contributed by atoms with E-state index in [0.717, 1.165) is 19.3 Å². The average Bonchev–Trinajstić information content (AvgIpc) is 2.32. The zero-order valence-corrected chi connectivity index (χ0v) is 12.4. The molecular formula is C13H23F3O2S. The van der Waals surface area contributed by atoms with Gasteiger partial charge in [-0.05, 0) is 25.0 Å². The largest absolute Gasteiger partial charge is 0.465 e. The van der Waals surface area contributed by atoms with Crippen LogP contribution in [0.1, 0.15) is 52.4 Å². The molecule has 6 heteroatoms. The first-order chi connectivity index (χ1) is 8.90. The van der Waals surface area contributed by atoms with Crippen LogP contribution in [0.2, 0.25) is 0 Å². The fourth-order valence-electron chi connectivity index (χ4n) is 1.44. The lowest BCUT2D eigenvalue weighted by Crippen LogP contribution is -2.21. The van der Waals surface area contributed by atoms with E-state index in [2.05, 4.69) is 0 Å². The molecule has 0 amide bonds. The van der Waals surface area contributed by atoms with Gasteiger partial charge in [0.05, 0.1) is 6.61 Å². The van der Waals surface area contributed by atoms with Crippen LogP contribution < -0.4 is 0 Å². The van der Waals surface area contributed by atoms with Gasteiger partial charge in [-0.15, -0.1) is 11.8 Å². The van der Waals surface area contributed by atoms with Crippen molar-refractivity contribution in [2.45, 2.75) is 63.8 Å². The molecule has 114 valence electrons. The second kappa shape index (κ2) is 10.4. The van der Waals surface area contributed by atoms with E-state index < -0.39 is 12.6 Å². The van der Waals surface area contributed by atoms with Crippen molar-refractivity contribution >= 4 is 17.7 Å². The molecule has 0 N–H and O–H groups in total. The van der Waals surface area contributed by atoms with Crippen LogP contribution in [-0.4, -0.2) is 29.8 Å². The molecule has 0 aliphatic heterocycles. The lowest BCUT2D eigenvalue weighted by molar-refractivity contribution is -0.143. The molecule has 0 heterocycles. The van der Waals surface area contributed by atoms with Crippen molar-refractivity contribution in [3.63, 3.8) is 0 Å². The van der Waals surface area contributed by atoms with Crippen LogP contribution in [0.15, 0.2) is 0 Å². The SMILES string of the molecule is CCCCOC(=O)C(CCC)SCCCC(F)(F)F. The lowest BCUT2D eigenvalue weighted by Gasteiger charge is -2.15. The summed E-state index contributed by atoms with van der Waals surface area (Å²) in [7, 11) is 0. The Bertz CT molecular complexity index is 245. The molecule has 0 rings (SSSR count). The number of carbonyl (C=O) groups excluding carboxylic acids is 1. The number of hydrogen-bond donors (Lipinski definition) is 0. The summed E-state index contributed by atoms with van der Waals surface area (Å²) in [6.07, 6.45) is -1.60. The Balaban J connectivity index is 3.93. The molecule has 0 aliphatic rings. The Hall–Kier alpha value is -0.390. The standard InChI is InChI=1S/C13H23F3O2S/c1-3-5-9-18-12(17)11(7-4-2)19-10-6-8-13(14,15)16/h11H,3-10H2,1-2H3. The van der Waals surface area contributed by atoms with Crippen LogP contribution in [0, 0.1) is 0 Å². The summed E-state index contributed by atoms with van der Waals surface area (Å²) < 4.78 is 41.1. The summed E-state index contributed by atoms with van der Waals surface area (Å²) in [6, 6.07) is 0. The maximum Gasteiger partial charge on any atom is 0.389 e. The molecule has 0 bridgehead atoms. The Morgan fingerprint density at radius 1 is 1.21 bits per heavy atom. The van der Waals surface area contributed by atoms with Gasteiger partial charge in [0.15, 0.2) is 0 Å². The van der Waals surface area contributed by atoms with Crippen molar-refractivity contribution < 1.29 is 22.7 Å². The molecule has 0 radical (unpaired) electrons. The number of alkyl halides is 3. The number of ether oxygens (including phenoxy) is 1. The Labute approximate surface area is 117 Å². The molecule has 1 unspecified atom stereocenters. The molecule has 0 aromatic carbocycles. The summed E-state index contributed by atoms with van der Waals surface area (Å²) in [5, 5.41) is -0.324. The van der Waals surface area contributed by atoms with Crippen molar-refractivity contribution in [1.82, 2.24) is 0 Å². The smallest absolute Gasteiger partial charge is 0.389 e. The van der Waals surface area contributed by atoms with Crippen molar-refractivity contribution in [3.05, 3.63) is 0 Å². The maximum atomic E-state index is 12.0. The molecule has 0 aromatic rings. The molecular weight excluding hydrogens is 277 g/mol. The minimum Gasteiger partial charge on any atom is -0.465 e. The molecule has 0 saturated heterocycles. The van der Waals surface area contributed by atoms with Crippen LogP contribution in [0.3, 0.4) is 0 Å². The molecule has 0 saturated carbocycles. The highest BCUT2D eigenvalue weighted by atomic mass is 32.2. The number of carbonyl (C=O) groups is 1. The van der Waals surface area contributed by atoms with Gasteiger partial charge < -0.3 is 4.74 Å². The summed E-state index contributed by atoms with van der Waals surface area (Å²) in [5.41, 5.74) is 0. The number of unbranched alkanes of at least 4 members (excludes halogenated alkanes) is 1. The average molecular weight is 300 g/mol. The number of rotatable bonds is 10. The van der Waals surface area contributed by atoms with Gasteiger partial charge in [-0.2, -0.15) is 13.2 Å². The highest BCUT2D eigenvalue weighted by molar-refractivity contribution is 8.00. The minimum atomic E-state index is -4.11. The fourth-order valence-corrected chi connectivity index (χ4v) is 2.64. The summed E-state index contributed by atoms with van der Waals surface area (Å²) in [5.74, 6) is 0.0554. The van der Waals surface area contributed by atoms with E-state index in [4.69, 9.17) is 4.74 Å². The fraction of sp³-hybridized carbons (Fsp3) is 0.923. The van der Waals surface area contributed by atoms with Crippen molar-refractivity contribution in [3.8, 4) is 0 Å². The predicted octanol–water partition coefficient (Wildman–Crippen LogP) is 4.57. The van der Waals surface area contributed by atoms with Gasteiger partial charge in [-0.1, -0.05) is 26.7 Å². The molecule has 0 fully saturated rings. The van der Waals surface area contributed by atoms with E-state index in [9.17, 15) is 18.0 Å². The molecule has 0 aromatic heterocycles. The van der Waals surface area contributed by atoms with Gasteiger partial charge in [0.25, 0.3) is 0 Å². The van der Waals surface area contributed by atoms with Crippen LogP contribution in [-0.2, 0) is 9.53 Å². The topological polar surface area (TPSA) is 26.3 Å². The molecule has 0 aliphatic carbocycles. The third kappa shape index (κ3) is 11.2. The normalized spacial score (nSPS) is 13.3. The summed E-state index contributed by atoms with van der Waals surface area (Å²) >= 11 is 1.28. The van der Waals surface area contributed by atoms with E-state index in [1.807, 2.05) is 13.8 Å². The van der Waals surface area contributed by atoms with Crippen molar-refractivity contribution in [2.24, 2.45) is 0 Å². The molecule has 1 atom stereocenters. The number of halogens is 3. The zero-order valence-electron chi connectivity index (χ0n) is 11.6. The Kier molecular flexibility index (Phi) is 10.2. The van der Waals surface area contributed by atoms with Gasteiger partial charge in [0.2, 0.25) is 0 Å². The first kappa shape index (κ1) is 18.6. The molecule has 0 spiro atoms. The third-order valence-corrected chi connectivity index (χ3v) is 3.83. The predicted molar refractivity (Wildman–Crippen MR) is 72.3 cm³/mol. The van der Waals surface area contributed by atoms with Gasteiger partial charge >= 0.3 is 12.1 Å². The third-order valence-electron chi connectivity index (χ3n) is 2.48. The second-order valence-electron chi connectivity index (χ2n) is 4.39. The highest BCUT2D eigenvalue weighted by Crippen LogP contribution is 2.25. The van der Waals surface area contributed by atoms with Crippen LogP contribution in [0.25, 0.3) is 0 Å². The van der Waals surface area contributed by atoms with Crippen molar-refractivity contribution in [2.75, 3.05) is 12.4 Å². The first-order valence-electron chi connectivity index (χ1n) is 6.75. The first-order valence-corrected chi connectivity index (χ1v) is 7.80. The monoisotopic (exact) mass is 300 g/mol. The van der Waals surface area contributed by atoms with Gasteiger partial charge in [0, 0.05) is 6.42 Å². The van der Waals surface area contributed by atoms with E-state index in [-0.39, 0.29) is 17.6 Å². The lowest BCUT2D eigenvalue weighted by atomic mass is 10.2. The number of thioether (sulfide) groups is 1. The number of esters is 1. The van der Waals surface area contributed by atoms with E-state index in [1.54, 1.807) is 0 Å². The van der Waals surface area contributed by atoms with Crippen LogP contribution in [0.4, 0.5) is 13.2 Å². The Morgan fingerprint density at radius 2 is 1.89 bits per heavy atom. The van der Waals surface area contributed by atoms with Crippen LogP contribution in [0.5, 0.6) is 0 Å². The zero-order chi connectivity index (χ0) is 14.7. The van der Waals surface area contributed by atoms with Crippen molar-refractivity contribution in [1.29, 1.82) is 0 Å². The van der Waals surface area contributed by atoms with Gasteiger partial charge in [-0.25, -0.2) is 0 Å². The Morgan fingerprint density at radius 3 is 2.42 bits per heavy atom. The highest BCUT2D eigenvalue weighted by Gasteiger charge is 2.27. The maximum absolute atomic E-state index is 12.0.